The van der Waals surface area contributed by atoms with Crippen LogP contribution in [0.2, 0.25) is 0 Å². The molecule has 1 heterocycles. The molecule has 0 aromatic rings. The highest BCUT2D eigenvalue weighted by Crippen LogP contribution is 2.28. The molecule has 2 heteroatoms. The van der Waals surface area contributed by atoms with Gasteiger partial charge in [0, 0.05) is 5.25 Å². The smallest absolute Gasteiger partial charge is 0.102 e. The summed E-state index contributed by atoms with van der Waals surface area (Å²) in [6.45, 7) is 1.77. The van der Waals surface area contributed by atoms with E-state index in [2.05, 4.69) is 0 Å². The Hall–Kier alpha value is 0.310. The van der Waals surface area contributed by atoms with Crippen LogP contribution in [0.1, 0.15) is 19.8 Å². The van der Waals surface area contributed by atoms with Crippen LogP contribution in [0.25, 0.3) is 0 Å². The van der Waals surface area contributed by atoms with Crippen LogP contribution in [0.15, 0.2) is 0 Å². The van der Waals surface area contributed by atoms with Gasteiger partial charge in [-0.05, 0) is 25.5 Å². The predicted molar refractivity (Wildman–Crippen MR) is 35.6 cm³/mol. The van der Waals surface area contributed by atoms with Crippen LogP contribution in [0.3, 0.4) is 0 Å². The lowest BCUT2D eigenvalue weighted by Gasteiger charge is -2.07. The summed E-state index contributed by atoms with van der Waals surface area (Å²) in [7, 11) is 0. The highest BCUT2D eigenvalue weighted by atomic mass is 32.2. The van der Waals surface area contributed by atoms with Gasteiger partial charge in [-0.25, -0.2) is 5.11 Å². The number of rotatable bonds is 1. The lowest BCUT2D eigenvalue weighted by Crippen LogP contribution is -2.13. The second kappa shape index (κ2) is 2.74. The van der Waals surface area contributed by atoms with Crippen LogP contribution in [0.5, 0.6) is 0 Å². The zero-order valence-corrected chi connectivity index (χ0v) is 5.91. The number of hydrogen-bond donors (Lipinski definition) is 0. The fourth-order valence-corrected chi connectivity index (χ4v) is 2.21. The van der Waals surface area contributed by atoms with Gasteiger partial charge in [0.1, 0.15) is 6.10 Å². The summed E-state index contributed by atoms with van der Waals surface area (Å²) >= 11 is 1.84. The van der Waals surface area contributed by atoms with Crippen molar-refractivity contribution in [1.29, 1.82) is 0 Å². The summed E-state index contributed by atoms with van der Waals surface area (Å²) in [5.74, 6) is 1.21. The van der Waals surface area contributed by atoms with E-state index in [4.69, 9.17) is 0 Å². The second-order valence-electron chi connectivity index (χ2n) is 2.26. The minimum Gasteiger partial charge on any atom is -0.232 e. The molecule has 0 N–H and O–H groups in total. The quantitative estimate of drug-likeness (QED) is 0.530. The van der Waals surface area contributed by atoms with E-state index in [1.165, 1.54) is 12.2 Å². The first kappa shape index (κ1) is 6.43. The molecule has 0 aliphatic carbocycles. The molecule has 1 saturated heterocycles. The van der Waals surface area contributed by atoms with Crippen molar-refractivity contribution >= 4 is 11.8 Å². The van der Waals surface area contributed by atoms with Gasteiger partial charge in [-0.3, -0.25) is 0 Å². The maximum absolute atomic E-state index is 10.7. The second-order valence-corrected chi connectivity index (χ2v) is 3.60. The molecule has 0 saturated carbocycles. The zero-order chi connectivity index (χ0) is 5.98. The van der Waals surface area contributed by atoms with E-state index in [9.17, 15) is 5.11 Å². The van der Waals surface area contributed by atoms with Gasteiger partial charge in [-0.1, -0.05) is 0 Å². The number of thioether (sulfide) groups is 1. The Morgan fingerprint density at radius 3 is 2.75 bits per heavy atom. The molecule has 0 aromatic carbocycles. The van der Waals surface area contributed by atoms with E-state index >= 15 is 0 Å². The molecule has 1 aliphatic heterocycles. The third-order valence-corrected chi connectivity index (χ3v) is 3.06. The molecule has 1 fully saturated rings. The molecule has 0 spiro atoms. The molecule has 2 atom stereocenters. The van der Waals surface area contributed by atoms with Gasteiger partial charge in [0.05, 0.1) is 0 Å². The first-order chi connectivity index (χ1) is 3.80. The lowest BCUT2D eigenvalue weighted by atomic mass is 10.2. The van der Waals surface area contributed by atoms with E-state index in [1.54, 1.807) is 6.92 Å². The van der Waals surface area contributed by atoms with Crippen molar-refractivity contribution < 1.29 is 5.11 Å². The third-order valence-electron chi connectivity index (χ3n) is 1.49. The van der Waals surface area contributed by atoms with E-state index in [0.717, 1.165) is 6.42 Å². The highest BCUT2D eigenvalue weighted by Gasteiger charge is 2.20. The molecule has 0 bridgehead atoms. The van der Waals surface area contributed by atoms with Crippen molar-refractivity contribution in [2.45, 2.75) is 31.1 Å². The van der Waals surface area contributed by atoms with Crippen LogP contribution in [-0.4, -0.2) is 17.1 Å². The van der Waals surface area contributed by atoms with Crippen molar-refractivity contribution in [3.63, 3.8) is 0 Å². The van der Waals surface area contributed by atoms with Crippen molar-refractivity contribution in [2.24, 2.45) is 0 Å². The molecule has 1 nitrogen and oxygen atoms in total. The molecule has 1 aliphatic rings. The fraction of sp³-hybridized carbons (Fsp3) is 1.00. The van der Waals surface area contributed by atoms with Crippen LogP contribution in [0.4, 0.5) is 0 Å². The third kappa shape index (κ3) is 1.39. The Kier molecular flexibility index (Phi) is 2.20. The van der Waals surface area contributed by atoms with Gasteiger partial charge in [0.15, 0.2) is 0 Å². The van der Waals surface area contributed by atoms with E-state index in [0.29, 0.717) is 5.25 Å². The molecule has 0 amide bonds. The maximum atomic E-state index is 10.7. The predicted octanol–water partition coefficient (Wildman–Crippen LogP) is 1.70. The largest absolute Gasteiger partial charge is 0.232 e. The molecule has 0 aromatic heterocycles. The summed E-state index contributed by atoms with van der Waals surface area (Å²) in [6, 6.07) is 0. The first-order valence-electron chi connectivity index (χ1n) is 3.08. The van der Waals surface area contributed by atoms with E-state index < -0.39 is 0 Å². The number of hydrogen-bond acceptors (Lipinski definition) is 1. The van der Waals surface area contributed by atoms with Gasteiger partial charge < -0.3 is 0 Å². The van der Waals surface area contributed by atoms with E-state index in [1.807, 2.05) is 11.8 Å². The minimum absolute atomic E-state index is 0.345. The van der Waals surface area contributed by atoms with Gasteiger partial charge in [-0.2, -0.15) is 11.8 Å². The van der Waals surface area contributed by atoms with Crippen molar-refractivity contribution in [1.82, 2.24) is 0 Å². The summed E-state index contributed by atoms with van der Waals surface area (Å²) in [6.07, 6.45) is 2.06. The standard InChI is InChI=1S/C6H11OS/c1-5(7)6-3-2-4-8-6/h5-6H,2-4H2,1H3. The summed E-state index contributed by atoms with van der Waals surface area (Å²) < 4.78 is 0. The summed E-state index contributed by atoms with van der Waals surface area (Å²) in [5, 5.41) is 11.1. The zero-order valence-electron chi connectivity index (χ0n) is 5.09. The van der Waals surface area contributed by atoms with Crippen LogP contribution >= 0.6 is 11.8 Å². The summed E-state index contributed by atoms with van der Waals surface area (Å²) in [5.41, 5.74) is 0. The van der Waals surface area contributed by atoms with Crippen LogP contribution < -0.4 is 0 Å². The van der Waals surface area contributed by atoms with Gasteiger partial charge in [0.2, 0.25) is 0 Å². The maximum Gasteiger partial charge on any atom is 0.102 e. The van der Waals surface area contributed by atoms with Crippen LogP contribution in [0, 0.1) is 0 Å². The first-order valence-corrected chi connectivity index (χ1v) is 4.13. The van der Waals surface area contributed by atoms with Gasteiger partial charge in [-0.15, -0.1) is 0 Å². The lowest BCUT2D eigenvalue weighted by molar-refractivity contribution is 0.102. The topological polar surface area (TPSA) is 19.9 Å². The van der Waals surface area contributed by atoms with Crippen molar-refractivity contribution in [3.05, 3.63) is 0 Å². The SMILES string of the molecule is CC([O])C1CCCS1. The molecule has 2 unspecified atom stereocenters. The molecule has 1 radical (unpaired) electrons. The Morgan fingerprint density at radius 2 is 2.50 bits per heavy atom. The van der Waals surface area contributed by atoms with Crippen LogP contribution in [-0.2, 0) is 5.11 Å². The van der Waals surface area contributed by atoms with Crippen molar-refractivity contribution in [2.75, 3.05) is 5.75 Å². The Balaban J connectivity index is 2.24. The average Bonchev–Trinajstić information content (AvgIpc) is 2.12. The molecular weight excluding hydrogens is 120 g/mol. The summed E-state index contributed by atoms with van der Waals surface area (Å²) in [4.78, 5) is 0. The molecule has 1 rings (SSSR count). The normalized spacial score (nSPS) is 33.0. The minimum atomic E-state index is -0.345. The van der Waals surface area contributed by atoms with E-state index in [-0.39, 0.29) is 6.10 Å². The fourth-order valence-electron chi connectivity index (χ4n) is 0.973. The monoisotopic (exact) mass is 131 g/mol. The Morgan fingerprint density at radius 1 is 1.75 bits per heavy atom. The van der Waals surface area contributed by atoms with Gasteiger partial charge >= 0.3 is 0 Å². The Labute approximate surface area is 54.5 Å². The van der Waals surface area contributed by atoms with Gasteiger partial charge in [0.25, 0.3) is 0 Å². The molecule has 8 heavy (non-hydrogen) atoms. The van der Waals surface area contributed by atoms with Crippen molar-refractivity contribution in [3.8, 4) is 0 Å². The highest BCUT2D eigenvalue weighted by molar-refractivity contribution is 8.00. The molecular formula is C6H11OS. The average molecular weight is 131 g/mol. The molecule has 47 valence electrons. The Bertz CT molecular complexity index is 66.9.